The quantitative estimate of drug-likeness (QED) is 0.868. The van der Waals surface area contributed by atoms with E-state index in [9.17, 15) is 8.42 Å². The molecule has 21 heavy (non-hydrogen) atoms. The minimum Gasteiger partial charge on any atom is -0.354 e. The van der Waals surface area contributed by atoms with E-state index in [1.807, 2.05) is 6.07 Å². The predicted molar refractivity (Wildman–Crippen MR) is 88.4 cm³/mol. The maximum absolute atomic E-state index is 11.8. The molecule has 1 aromatic carbocycles. The van der Waals surface area contributed by atoms with Crippen LogP contribution in [-0.4, -0.2) is 37.7 Å². The van der Waals surface area contributed by atoms with Gasteiger partial charge in [-0.1, -0.05) is 11.6 Å². The average molecular weight is 349 g/mol. The third kappa shape index (κ3) is 3.09. The van der Waals surface area contributed by atoms with Crippen LogP contribution in [0.3, 0.4) is 0 Å². The lowest BCUT2D eigenvalue weighted by Crippen LogP contribution is -2.26. The monoisotopic (exact) mass is 348 g/mol. The fraction of sp³-hybridized carbons (Fsp3) is 0.250. The molecule has 0 saturated carbocycles. The van der Waals surface area contributed by atoms with Crippen LogP contribution >= 0.6 is 24.0 Å². The van der Waals surface area contributed by atoms with Crippen LogP contribution in [0.25, 0.3) is 10.9 Å². The summed E-state index contributed by atoms with van der Waals surface area (Å²) in [4.78, 5) is 4.23. The molecule has 0 spiro atoms. The van der Waals surface area contributed by atoms with Crippen molar-refractivity contribution in [3.63, 3.8) is 0 Å². The highest BCUT2D eigenvalue weighted by Gasteiger charge is 2.15. The molecule has 0 amide bonds. The second-order valence-corrected chi connectivity index (χ2v) is 6.82. The van der Waals surface area contributed by atoms with E-state index >= 15 is 0 Å². The van der Waals surface area contributed by atoms with Crippen LogP contribution in [0.4, 0.5) is 5.69 Å². The first-order chi connectivity index (χ1) is 9.45. The number of rotatable bonds is 2. The first-order valence-corrected chi connectivity index (χ1v) is 8.24. The lowest BCUT2D eigenvalue weighted by atomic mass is 10.2. The first-order valence-electron chi connectivity index (χ1n) is 6.02. The molecule has 1 aliphatic rings. The Kier molecular flexibility index (Phi) is 4.36. The normalized spacial score (nSPS) is 14.5. The van der Waals surface area contributed by atoms with E-state index in [1.54, 1.807) is 12.1 Å². The van der Waals surface area contributed by atoms with E-state index in [2.05, 4.69) is 15.6 Å². The average Bonchev–Trinajstić information content (AvgIpc) is 2.97. The van der Waals surface area contributed by atoms with Gasteiger partial charge in [0.1, 0.15) is 0 Å². The van der Waals surface area contributed by atoms with Crippen molar-refractivity contribution >= 4 is 56.6 Å². The number of aromatic nitrogens is 1. The van der Waals surface area contributed by atoms with Crippen LogP contribution in [0, 0.1) is 0 Å². The summed E-state index contributed by atoms with van der Waals surface area (Å²) in [7, 11) is -3.39. The maximum Gasteiger partial charge on any atom is 0.236 e. The molecular formula is C12H14Cl2N4O2S. The standard InChI is InChI=1S/C12H13ClN4O2S.ClH/c1-20(18,19)17-7-10(13)9-3-2-8(6-11(9)17)16-12-14-4-5-15-12;/h2-3,6-7H,4-5H2,1H3,(H2,14,15,16);1H. The van der Waals surface area contributed by atoms with Crippen molar-refractivity contribution in [2.24, 2.45) is 4.99 Å². The third-order valence-electron chi connectivity index (χ3n) is 3.02. The summed E-state index contributed by atoms with van der Waals surface area (Å²) in [6, 6.07) is 5.37. The van der Waals surface area contributed by atoms with Crippen molar-refractivity contribution in [3.05, 3.63) is 29.4 Å². The van der Waals surface area contributed by atoms with Gasteiger partial charge in [0.25, 0.3) is 0 Å². The minimum absolute atomic E-state index is 0. The van der Waals surface area contributed by atoms with Gasteiger partial charge in [-0.05, 0) is 18.2 Å². The fourth-order valence-corrected chi connectivity index (χ4v) is 3.25. The van der Waals surface area contributed by atoms with E-state index in [0.29, 0.717) is 21.9 Å². The Bertz CT molecular complexity index is 814. The van der Waals surface area contributed by atoms with Crippen LogP contribution in [0.2, 0.25) is 5.02 Å². The van der Waals surface area contributed by atoms with E-state index in [-0.39, 0.29) is 12.4 Å². The Balaban J connectivity index is 0.00000161. The lowest BCUT2D eigenvalue weighted by molar-refractivity contribution is 0.595. The van der Waals surface area contributed by atoms with Crippen molar-refractivity contribution < 1.29 is 8.42 Å². The molecule has 2 aromatic rings. The number of aliphatic imine (C=N–C) groups is 1. The molecule has 0 saturated heterocycles. The van der Waals surface area contributed by atoms with E-state index in [1.165, 1.54) is 10.2 Å². The summed E-state index contributed by atoms with van der Waals surface area (Å²) in [6.07, 6.45) is 2.56. The van der Waals surface area contributed by atoms with Crippen LogP contribution in [-0.2, 0) is 10.0 Å². The molecule has 0 fully saturated rings. The number of hydrogen-bond donors (Lipinski definition) is 2. The predicted octanol–water partition coefficient (Wildman–Crippen LogP) is 1.90. The van der Waals surface area contributed by atoms with Gasteiger partial charge in [0, 0.05) is 23.8 Å². The maximum atomic E-state index is 11.8. The third-order valence-corrected chi connectivity index (χ3v) is 4.34. The summed E-state index contributed by atoms with van der Waals surface area (Å²) < 4.78 is 24.7. The number of guanidine groups is 1. The van der Waals surface area contributed by atoms with Gasteiger partial charge in [-0.2, -0.15) is 0 Å². The Morgan fingerprint density at radius 1 is 1.43 bits per heavy atom. The SMILES string of the molecule is CS(=O)(=O)n1cc(Cl)c2ccc(NC3=NCCN3)cc21.Cl. The number of hydrogen-bond acceptors (Lipinski definition) is 5. The van der Waals surface area contributed by atoms with Crippen molar-refractivity contribution in [2.45, 2.75) is 0 Å². The molecule has 1 aliphatic heterocycles. The number of halogens is 2. The Morgan fingerprint density at radius 2 is 2.19 bits per heavy atom. The number of nitrogens with one attached hydrogen (secondary N) is 2. The van der Waals surface area contributed by atoms with Gasteiger partial charge in [-0.25, -0.2) is 12.4 Å². The zero-order chi connectivity index (χ0) is 14.3. The zero-order valence-electron chi connectivity index (χ0n) is 11.1. The molecule has 0 aliphatic carbocycles. The molecule has 0 unspecified atom stereocenters. The van der Waals surface area contributed by atoms with Gasteiger partial charge in [0.15, 0.2) is 5.96 Å². The van der Waals surface area contributed by atoms with Crippen molar-refractivity contribution in [3.8, 4) is 0 Å². The molecule has 0 atom stereocenters. The highest BCUT2D eigenvalue weighted by Crippen LogP contribution is 2.29. The molecule has 2 N–H and O–H groups in total. The lowest BCUT2D eigenvalue weighted by Gasteiger charge is -2.08. The second-order valence-electron chi connectivity index (χ2n) is 4.55. The summed E-state index contributed by atoms with van der Waals surface area (Å²) >= 11 is 6.06. The molecule has 0 radical (unpaired) electrons. The molecule has 1 aromatic heterocycles. The number of fused-ring (bicyclic) bond motifs is 1. The van der Waals surface area contributed by atoms with Gasteiger partial charge in [0.2, 0.25) is 10.0 Å². The molecule has 6 nitrogen and oxygen atoms in total. The highest BCUT2D eigenvalue weighted by atomic mass is 35.5. The summed E-state index contributed by atoms with van der Waals surface area (Å²) in [5, 5.41) is 7.31. The minimum atomic E-state index is -3.39. The van der Waals surface area contributed by atoms with E-state index in [4.69, 9.17) is 11.6 Å². The van der Waals surface area contributed by atoms with Gasteiger partial charge >= 0.3 is 0 Å². The summed E-state index contributed by atoms with van der Waals surface area (Å²) in [5.74, 6) is 0.688. The molecular weight excluding hydrogens is 335 g/mol. The van der Waals surface area contributed by atoms with Crippen LogP contribution in [0.1, 0.15) is 0 Å². The van der Waals surface area contributed by atoms with E-state index < -0.39 is 10.0 Å². The highest BCUT2D eigenvalue weighted by molar-refractivity contribution is 7.89. The Labute approximate surface area is 133 Å². The van der Waals surface area contributed by atoms with Crippen LogP contribution < -0.4 is 10.6 Å². The van der Waals surface area contributed by atoms with E-state index in [0.717, 1.165) is 25.0 Å². The Morgan fingerprint density at radius 3 is 2.81 bits per heavy atom. The molecule has 114 valence electrons. The number of anilines is 1. The Hall–Kier alpha value is -1.44. The molecule has 0 bridgehead atoms. The first kappa shape index (κ1) is 15.9. The van der Waals surface area contributed by atoms with Gasteiger partial charge in [0.05, 0.1) is 23.3 Å². The largest absolute Gasteiger partial charge is 0.354 e. The van der Waals surface area contributed by atoms with Crippen molar-refractivity contribution in [1.82, 2.24) is 9.29 Å². The molecule has 2 heterocycles. The van der Waals surface area contributed by atoms with Gasteiger partial charge < -0.3 is 10.6 Å². The van der Waals surface area contributed by atoms with Crippen LogP contribution in [0.5, 0.6) is 0 Å². The summed E-state index contributed by atoms with van der Waals surface area (Å²) in [5.41, 5.74) is 1.30. The zero-order valence-corrected chi connectivity index (χ0v) is 13.5. The van der Waals surface area contributed by atoms with Crippen LogP contribution in [0.15, 0.2) is 29.4 Å². The van der Waals surface area contributed by atoms with Crippen molar-refractivity contribution in [2.75, 3.05) is 24.7 Å². The number of benzene rings is 1. The summed E-state index contributed by atoms with van der Waals surface area (Å²) in [6.45, 7) is 1.53. The second kappa shape index (κ2) is 5.75. The molecule has 3 rings (SSSR count). The van der Waals surface area contributed by atoms with Gasteiger partial charge in [-0.15, -0.1) is 12.4 Å². The number of nitrogens with zero attached hydrogens (tertiary/aromatic N) is 2. The smallest absolute Gasteiger partial charge is 0.236 e. The van der Waals surface area contributed by atoms with Gasteiger partial charge in [-0.3, -0.25) is 4.99 Å². The van der Waals surface area contributed by atoms with Crippen molar-refractivity contribution in [1.29, 1.82) is 0 Å². The fourth-order valence-electron chi connectivity index (χ4n) is 2.13. The molecule has 9 heteroatoms. The topological polar surface area (TPSA) is 75.5 Å².